The van der Waals surface area contributed by atoms with E-state index in [-0.39, 0.29) is 5.91 Å². The Balaban J connectivity index is 1.61. The minimum absolute atomic E-state index is 0.185. The summed E-state index contributed by atoms with van der Waals surface area (Å²) in [5, 5.41) is 5.09. The molecule has 0 saturated heterocycles. The number of methoxy groups -OCH3 is 2. The minimum atomic E-state index is -0.185. The van der Waals surface area contributed by atoms with E-state index in [1.165, 1.54) is 6.08 Å². The van der Waals surface area contributed by atoms with Crippen LogP contribution in [0, 0.1) is 0 Å². The number of fused-ring (bicyclic) bond motifs is 1. The van der Waals surface area contributed by atoms with Crippen molar-refractivity contribution < 1.29 is 14.3 Å². The Hall–Kier alpha value is -4.05. The van der Waals surface area contributed by atoms with Crippen LogP contribution in [0.15, 0.2) is 91.0 Å². The van der Waals surface area contributed by atoms with Crippen molar-refractivity contribution in [2.24, 2.45) is 0 Å². The van der Waals surface area contributed by atoms with Gasteiger partial charge in [0.1, 0.15) is 11.5 Å². The summed E-state index contributed by atoms with van der Waals surface area (Å²) in [6, 6.07) is 27.6. The zero-order valence-corrected chi connectivity index (χ0v) is 17.5. The molecule has 4 nitrogen and oxygen atoms in total. The number of ether oxygens (including phenoxy) is 2. The summed E-state index contributed by atoms with van der Waals surface area (Å²) in [5.74, 6) is 1.38. The minimum Gasteiger partial charge on any atom is -0.497 e. The van der Waals surface area contributed by atoms with Gasteiger partial charge in [0.25, 0.3) is 0 Å². The SMILES string of the molecule is COc1cc(C=CC(=O)Nc2ccccc2)cc(-c2ccc3cc(OC)ccc3c2)c1. The van der Waals surface area contributed by atoms with E-state index in [0.717, 1.165) is 44.6 Å². The molecule has 0 spiro atoms. The molecule has 4 heteroatoms. The lowest BCUT2D eigenvalue weighted by molar-refractivity contribution is -0.111. The normalized spacial score (nSPS) is 10.9. The molecule has 4 rings (SSSR count). The molecule has 0 aliphatic carbocycles. The summed E-state index contributed by atoms with van der Waals surface area (Å²) in [6.45, 7) is 0. The number of amides is 1. The largest absolute Gasteiger partial charge is 0.497 e. The Bertz CT molecular complexity index is 1250. The summed E-state index contributed by atoms with van der Waals surface area (Å²) in [5.41, 5.74) is 3.73. The predicted octanol–water partition coefficient (Wildman–Crippen LogP) is 6.18. The van der Waals surface area contributed by atoms with Gasteiger partial charge in [0, 0.05) is 11.8 Å². The van der Waals surface area contributed by atoms with E-state index in [2.05, 4.69) is 23.5 Å². The van der Waals surface area contributed by atoms with E-state index in [1.54, 1.807) is 20.3 Å². The monoisotopic (exact) mass is 409 g/mol. The molecule has 1 N–H and O–H groups in total. The number of nitrogens with one attached hydrogen (secondary N) is 1. The van der Waals surface area contributed by atoms with Crippen LogP contribution in [0.1, 0.15) is 5.56 Å². The second-order valence-electron chi connectivity index (χ2n) is 7.11. The highest BCUT2D eigenvalue weighted by atomic mass is 16.5. The fourth-order valence-electron chi connectivity index (χ4n) is 3.41. The molecule has 0 heterocycles. The molecule has 0 saturated carbocycles. The van der Waals surface area contributed by atoms with Crippen LogP contribution in [0.4, 0.5) is 5.69 Å². The molecule has 0 unspecified atom stereocenters. The average Bonchev–Trinajstić information content (AvgIpc) is 2.82. The third-order valence-corrected chi connectivity index (χ3v) is 5.01. The number of hydrogen-bond acceptors (Lipinski definition) is 3. The maximum Gasteiger partial charge on any atom is 0.248 e. The summed E-state index contributed by atoms with van der Waals surface area (Å²) in [6.07, 6.45) is 3.31. The number of anilines is 1. The van der Waals surface area contributed by atoms with E-state index >= 15 is 0 Å². The molecule has 0 aliphatic rings. The molecular formula is C27H23NO3. The Labute approximate surface area is 181 Å². The number of benzene rings is 4. The van der Waals surface area contributed by atoms with Gasteiger partial charge < -0.3 is 14.8 Å². The van der Waals surface area contributed by atoms with Crippen molar-refractivity contribution in [3.8, 4) is 22.6 Å². The zero-order valence-electron chi connectivity index (χ0n) is 17.5. The van der Waals surface area contributed by atoms with Gasteiger partial charge in [-0.05, 0) is 82.1 Å². The van der Waals surface area contributed by atoms with E-state index < -0.39 is 0 Å². The van der Waals surface area contributed by atoms with Gasteiger partial charge in [-0.2, -0.15) is 0 Å². The predicted molar refractivity (Wildman–Crippen MR) is 127 cm³/mol. The van der Waals surface area contributed by atoms with Crippen LogP contribution in [0.5, 0.6) is 11.5 Å². The van der Waals surface area contributed by atoms with E-state index in [9.17, 15) is 4.79 Å². The maximum atomic E-state index is 12.3. The molecule has 154 valence electrons. The second kappa shape index (κ2) is 9.18. The third kappa shape index (κ3) is 4.93. The summed E-state index contributed by atoms with van der Waals surface area (Å²) >= 11 is 0. The smallest absolute Gasteiger partial charge is 0.248 e. The van der Waals surface area contributed by atoms with Gasteiger partial charge in [-0.1, -0.05) is 36.4 Å². The third-order valence-electron chi connectivity index (χ3n) is 5.01. The van der Waals surface area contributed by atoms with Gasteiger partial charge in [-0.3, -0.25) is 4.79 Å². The summed E-state index contributed by atoms with van der Waals surface area (Å²) in [7, 11) is 3.31. The standard InChI is InChI=1S/C27H23NO3/c1-30-25-12-11-20-16-21(9-10-22(20)17-25)23-14-19(15-26(18-23)31-2)8-13-27(29)28-24-6-4-3-5-7-24/h3-18H,1-2H3,(H,28,29). The van der Waals surface area contributed by atoms with Crippen molar-refractivity contribution in [3.63, 3.8) is 0 Å². The molecule has 31 heavy (non-hydrogen) atoms. The van der Waals surface area contributed by atoms with E-state index in [4.69, 9.17) is 9.47 Å². The lowest BCUT2D eigenvalue weighted by Gasteiger charge is -2.09. The number of rotatable bonds is 6. The van der Waals surface area contributed by atoms with Gasteiger partial charge in [0.2, 0.25) is 5.91 Å². The lowest BCUT2D eigenvalue weighted by atomic mass is 9.99. The number of hydrogen-bond donors (Lipinski definition) is 1. The summed E-state index contributed by atoms with van der Waals surface area (Å²) < 4.78 is 10.8. The maximum absolute atomic E-state index is 12.3. The highest BCUT2D eigenvalue weighted by Crippen LogP contribution is 2.30. The van der Waals surface area contributed by atoms with Crippen molar-refractivity contribution in [2.75, 3.05) is 19.5 Å². The molecule has 1 amide bonds. The molecular weight excluding hydrogens is 386 g/mol. The van der Waals surface area contributed by atoms with Gasteiger partial charge >= 0.3 is 0 Å². The number of carbonyl (C=O) groups is 1. The number of carbonyl (C=O) groups excluding carboxylic acids is 1. The molecule has 0 aliphatic heterocycles. The molecule has 0 fully saturated rings. The first-order chi connectivity index (χ1) is 15.1. The van der Waals surface area contributed by atoms with Crippen molar-refractivity contribution in [3.05, 3.63) is 96.6 Å². The Kier molecular flexibility index (Phi) is 5.99. The molecule has 0 radical (unpaired) electrons. The first-order valence-electron chi connectivity index (χ1n) is 9.96. The first-order valence-corrected chi connectivity index (χ1v) is 9.96. The van der Waals surface area contributed by atoms with Crippen LogP contribution in [-0.2, 0) is 4.79 Å². The Morgan fingerprint density at radius 3 is 2.26 bits per heavy atom. The Morgan fingerprint density at radius 1 is 0.742 bits per heavy atom. The fraction of sp³-hybridized carbons (Fsp3) is 0.0741. The van der Waals surface area contributed by atoms with Crippen LogP contribution >= 0.6 is 0 Å². The van der Waals surface area contributed by atoms with Crippen molar-refractivity contribution in [2.45, 2.75) is 0 Å². The van der Waals surface area contributed by atoms with Crippen molar-refractivity contribution in [1.82, 2.24) is 0 Å². The summed E-state index contributed by atoms with van der Waals surface area (Å²) in [4.78, 5) is 12.3. The zero-order chi connectivity index (χ0) is 21.6. The van der Waals surface area contributed by atoms with Crippen LogP contribution in [0.2, 0.25) is 0 Å². The van der Waals surface area contributed by atoms with Crippen LogP contribution < -0.4 is 14.8 Å². The molecule has 0 atom stereocenters. The molecule has 0 aromatic heterocycles. The van der Waals surface area contributed by atoms with Gasteiger partial charge in [-0.25, -0.2) is 0 Å². The van der Waals surface area contributed by atoms with Crippen LogP contribution in [-0.4, -0.2) is 20.1 Å². The number of para-hydroxylation sites is 1. The fourth-order valence-corrected chi connectivity index (χ4v) is 3.41. The molecule has 0 bridgehead atoms. The topological polar surface area (TPSA) is 47.6 Å². The van der Waals surface area contributed by atoms with Crippen LogP contribution in [0.25, 0.3) is 28.0 Å². The quantitative estimate of drug-likeness (QED) is 0.387. The highest BCUT2D eigenvalue weighted by molar-refractivity contribution is 6.02. The molecule has 4 aromatic carbocycles. The highest BCUT2D eigenvalue weighted by Gasteiger charge is 2.06. The lowest BCUT2D eigenvalue weighted by Crippen LogP contribution is -2.07. The first kappa shape index (κ1) is 20.2. The molecule has 4 aromatic rings. The van der Waals surface area contributed by atoms with Gasteiger partial charge in [-0.15, -0.1) is 0 Å². The van der Waals surface area contributed by atoms with Crippen molar-refractivity contribution >= 4 is 28.4 Å². The van der Waals surface area contributed by atoms with E-state index in [0.29, 0.717) is 0 Å². The van der Waals surface area contributed by atoms with Crippen molar-refractivity contribution in [1.29, 1.82) is 0 Å². The van der Waals surface area contributed by atoms with Gasteiger partial charge in [0.05, 0.1) is 14.2 Å². The van der Waals surface area contributed by atoms with Gasteiger partial charge in [0.15, 0.2) is 0 Å². The second-order valence-corrected chi connectivity index (χ2v) is 7.11. The average molecular weight is 409 g/mol. The van der Waals surface area contributed by atoms with E-state index in [1.807, 2.05) is 66.7 Å². The van der Waals surface area contributed by atoms with Crippen LogP contribution in [0.3, 0.4) is 0 Å². The Morgan fingerprint density at radius 2 is 1.48 bits per heavy atom.